The maximum Gasteiger partial charge on any atom is 0.144 e. The summed E-state index contributed by atoms with van der Waals surface area (Å²) in [5.41, 5.74) is 6.76. The fraction of sp³-hybridized carbons (Fsp3) is 0.846. The summed E-state index contributed by atoms with van der Waals surface area (Å²) in [4.78, 5) is 4.40. The van der Waals surface area contributed by atoms with Gasteiger partial charge in [0.2, 0.25) is 0 Å². The highest BCUT2D eigenvalue weighted by atomic mass is 15.3. The summed E-state index contributed by atoms with van der Waals surface area (Å²) in [6.07, 6.45) is 8.96. The van der Waals surface area contributed by atoms with Crippen LogP contribution < -0.4 is 5.73 Å². The van der Waals surface area contributed by atoms with Crippen molar-refractivity contribution in [3.8, 4) is 0 Å². The van der Waals surface area contributed by atoms with E-state index in [0.29, 0.717) is 0 Å². The topological polar surface area (TPSA) is 56.7 Å². The van der Waals surface area contributed by atoms with E-state index in [4.69, 9.17) is 5.73 Å². The molecule has 1 fully saturated rings. The Morgan fingerprint density at radius 3 is 2.71 bits per heavy atom. The highest BCUT2D eigenvalue weighted by Crippen LogP contribution is 2.48. The Labute approximate surface area is 104 Å². The fourth-order valence-corrected chi connectivity index (χ4v) is 3.14. The maximum absolute atomic E-state index is 6.50. The van der Waals surface area contributed by atoms with Crippen LogP contribution in [-0.2, 0) is 6.54 Å². The van der Waals surface area contributed by atoms with Crippen LogP contribution in [0, 0.1) is 5.41 Å². The average Bonchev–Trinajstić information content (AvgIpc) is 2.97. The van der Waals surface area contributed by atoms with Crippen molar-refractivity contribution in [2.24, 2.45) is 11.1 Å². The maximum atomic E-state index is 6.50. The summed E-state index contributed by atoms with van der Waals surface area (Å²) in [7, 11) is 0. The Hall–Kier alpha value is -0.900. The molecule has 0 aromatic carbocycles. The van der Waals surface area contributed by atoms with E-state index in [1.807, 2.05) is 4.68 Å². The molecule has 2 N–H and O–H groups in total. The molecule has 2 rings (SSSR count). The Balaban J connectivity index is 2.22. The molecule has 96 valence electrons. The zero-order valence-electron chi connectivity index (χ0n) is 11.0. The van der Waals surface area contributed by atoms with E-state index in [1.54, 1.807) is 6.33 Å². The summed E-state index contributed by atoms with van der Waals surface area (Å²) >= 11 is 0. The molecule has 0 bridgehead atoms. The molecule has 0 amide bonds. The third kappa shape index (κ3) is 2.23. The third-order valence-electron chi connectivity index (χ3n) is 4.32. The molecule has 0 radical (unpaired) electrons. The van der Waals surface area contributed by atoms with E-state index in [2.05, 4.69) is 23.9 Å². The van der Waals surface area contributed by atoms with Crippen LogP contribution in [0.3, 0.4) is 0 Å². The van der Waals surface area contributed by atoms with E-state index in [-0.39, 0.29) is 11.5 Å². The number of nitrogens with zero attached hydrogens (tertiary/aromatic N) is 3. The van der Waals surface area contributed by atoms with Gasteiger partial charge in [0.25, 0.3) is 0 Å². The number of aromatic nitrogens is 3. The van der Waals surface area contributed by atoms with Crippen molar-refractivity contribution in [3.63, 3.8) is 0 Å². The summed E-state index contributed by atoms with van der Waals surface area (Å²) in [5, 5.41) is 4.29. The van der Waals surface area contributed by atoms with Gasteiger partial charge >= 0.3 is 0 Å². The molecule has 1 saturated carbocycles. The van der Waals surface area contributed by atoms with Gasteiger partial charge in [-0.05, 0) is 31.1 Å². The molecule has 1 aromatic rings. The standard InChI is InChI=1S/C13H24N4/c1-3-9-17-12(15-10-16-17)11(14)13(4-2)7-5-6-8-13/h10-11H,3-9,14H2,1-2H3. The van der Waals surface area contributed by atoms with Gasteiger partial charge in [-0.1, -0.05) is 26.7 Å². The van der Waals surface area contributed by atoms with Gasteiger partial charge in [-0.15, -0.1) is 0 Å². The summed E-state index contributed by atoms with van der Waals surface area (Å²) < 4.78 is 1.99. The van der Waals surface area contributed by atoms with Crippen molar-refractivity contribution >= 4 is 0 Å². The second-order valence-corrected chi connectivity index (χ2v) is 5.24. The molecule has 4 nitrogen and oxygen atoms in total. The molecule has 1 aliphatic rings. The molecule has 0 aliphatic heterocycles. The predicted molar refractivity (Wildman–Crippen MR) is 68.4 cm³/mol. The van der Waals surface area contributed by atoms with E-state index in [9.17, 15) is 0 Å². The molecule has 1 unspecified atom stereocenters. The fourth-order valence-electron chi connectivity index (χ4n) is 3.14. The number of hydrogen-bond donors (Lipinski definition) is 1. The first-order valence-electron chi connectivity index (χ1n) is 6.87. The first-order chi connectivity index (χ1) is 8.23. The van der Waals surface area contributed by atoms with E-state index >= 15 is 0 Å². The molecule has 1 heterocycles. The molecular weight excluding hydrogens is 212 g/mol. The quantitative estimate of drug-likeness (QED) is 0.855. The van der Waals surface area contributed by atoms with Crippen molar-refractivity contribution in [1.82, 2.24) is 14.8 Å². The van der Waals surface area contributed by atoms with Crippen LogP contribution in [-0.4, -0.2) is 14.8 Å². The van der Waals surface area contributed by atoms with Gasteiger partial charge in [0.1, 0.15) is 12.2 Å². The normalized spacial score (nSPS) is 20.6. The van der Waals surface area contributed by atoms with E-state index in [0.717, 1.165) is 25.2 Å². The van der Waals surface area contributed by atoms with Gasteiger partial charge in [0, 0.05) is 6.54 Å². The minimum atomic E-state index is 0.0454. The highest BCUT2D eigenvalue weighted by Gasteiger charge is 2.40. The van der Waals surface area contributed by atoms with Crippen LogP contribution in [0.25, 0.3) is 0 Å². The SMILES string of the molecule is CCCn1ncnc1C(N)C1(CC)CCCC1. The summed E-state index contributed by atoms with van der Waals surface area (Å²) in [6, 6.07) is 0.0454. The summed E-state index contributed by atoms with van der Waals surface area (Å²) in [5.74, 6) is 0.982. The average molecular weight is 236 g/mol. The van der Waals surface area contributed by atoms with Crippen LogP contribution in [0.4, 0.5) is 0 Å². The molecule has 17 heavy (non-hydrogen) atoms. The minimum Gasteiger partial charge on any atom is -0.321 e. The number of nitrogens with two attached hydrogens (primary N) is 1. The largest absolute Gasteiger partial charge is 0.321 e. The van der Waals surface area contributed by atoms with Crippen LogP contribution >= 0.6 is 0 Å². The second-order valence-electron chi connectivity index (χ2n) is 5.24. The van der Waals surface area contributed by atoms with Crippen molar-refractivity contribution in [1.29, 1.82) is 0 Å². The highest BCUT2D eigenvalue weighted by molar-refractivity contribution is 5.04. The van der Waals surface area contributed by atoms with E-state index in [1.165, 1.54) is 25.7 Å². The van der Waals surface area contributed by atoms with Gasteiger partial charge in [-0.3, -0.25) is 0 Å². The van der Waals surface area contributed by atoms with Gasteiger partial charge < -0.3 is 5.73 Å². The summed E-state index contributed by atoms with van der Waals surface area (Å²) in [6.45, 7) is 5.33. The Kier molecular flexibility index (Phi) is 3.82. The zero-order chi connectivity index (χ0) is 12.3. The van der Waals surface area contributed by atoms with Crippen molar-refractivity contribution in [2.75, 3.05) is 0 Å². The van der Waals surface area contributed by atoms with Gasteiger partial charge in [-0.25, -0.2) is 9.67 Å². The Bertz CT molecular complexity index is 352. The van der Waals surface area contributed by atoms with Crippen molar-refractivity contribution in [3.05, 3.63) is 12.2 Å². The van der Waals surface area contributed by atoms with Crippen LogP contribution in [0.2, 0.25) is 0 Å². The van der Waals surface area contributed by atoms with Gasteiger partial charge in [0.05, 0.1) is 6.04 Å². The zero-order valence-corrected chi connectivity index (χ0v) is 11.0. The number of hydrogen-bond acceptors (Lipinski definition) is 3. The smallest absolute Gasteiger partial charge is 0.144 e. The van der Waals surface area contributed by atoms with Crippen molar-refractivity contribution < 1.29 is 0 Å². The van der Waals surface area contributed by atoms with E-state index < -0.39 is 0 Å². The lowest BCUT2D eigenvalue weighted by Crippen LogP contribution is -2.34. The lowest BCUT2D eigenvalue weighted by molar-refractivity contribution is 0.209. The first-order valence-corrected chi connectivity index (χ1v) is 6.87. The molecule has 0 saturated heterocycles. The minimum absolute atomic E-state index is 0.0454. The monoisotopic (exact) mass is 236 g/mol. The second kappa shape index (κ2) is 5.17. The lowest BCUT2D eigenvalue weighted by atomic mass is 9.76. The number of rotatable bonds is 5. The molecule has 1 aliphatic carbocycles. The molecule has 0 spiro atoms. The Morgan fingerprint density at radius 1 is 1.41 bits per heavy atom. The van der Waals surface area contributed by atoms with Crippen LogP contribution in [0.15, 0.2) is 6.33 Å². The third-order valence-corrected chi connectivity index (χ3v) is 4.32. The predicted octanol–water partition coefficient (Wildman–Crippen LogP) is 2.66. The van der Waals surface area contributed by atoms with Gasteiger partial charge in [0.15, 0.2) is 0 Å². The Morgan fingerprint density at radius 2 is 2.12 bits per heavy atom. The van der Waals surface area contributed by atoms with Gasteiger partial charge in [-0.2, -0.15) is 5.10 Å². The first kappa shape index (κ1) is 12.6. The molecule has 1 aromatic heterocycles. The molecule has 1 atom stereocenters. The number of aryl methyl sites for hydroxylation is 1. The lowest BCUT2D eigenvalue weighted by Gasteiger charge is -2.33. The molecular formula is C13H24N4. The van der Waals surface area contributed by atoms with Crippen LogP contribution in [0.5, 0.6) is 0 Å². The molecule has 4 heteroatoms. The van der Waals surface area contributed by atoms with Crippen LogP contribution in [0.1, 0.15) is 64.2 Å². The van der Waals surface area contributed by atoms with Crippen molar-refractivity contribution in [2.45, 2.75) is 65.0 Å².